The van der Waals surface area contributed by atoms with Gasteiger partial charge in [-0.3, -0.25) is 0 Å². The van der Waals surface area contributed by atoms with Crippen molar-refractivity contribution in [3.05, 3.63) is 18.6 Å². The van der Waals surface area contributed by atoms with Crippen LogP contribution < -0.4 is 4.90 Å². The Morgan fingerprint density at radius 1 is 1.29 bits per heavy atom. The van der Waals surface area contributed by atoms with E-state index in [2.05, 4.69) is 32.8 Å². The maximum Gasteiger partial charge on any atom is 0.142 e. The van der Waals surface area contributed by atoms with Gasteiger partial charge in [-0.15, -0.1) is 0 Å². The molecule has 1 aliphatic rings. The number of fused-ring (bicyclic) bond motifs is 1. The highest BCUT2D eigenvalue weighted by molar-refractivity contribution is 5.87. The highest BCUT2D eigenvalue weighted by atomic mass is 15.2. The van der Waals surface area contributed by atoms with Gasteiger partial charge in [-0.05, 0) is 31.2 Å². The van der Waals surface area contributed by atoms with E-state index >= 15 is 0 Å². The summed E-state index contributed by atoms with van der Waals surface area (Å²) in [5.74, 6) is 1.92. The van der Waals surface area contributed by atoms with E-state index in [1.54, 1.807) is 6.33 Å². The average molecular weight is 230 g/mol. The lowest BCUT2D eigenvalue weighted by atomic mass is 10.0. The zero-order chi connectivity index (χ0) is 11.7. The van der Waals surface area contributed by atoms with Gasteiger partial charge in [-0.2, -0.15) is 0 Å². The minimum atomic E-state index is 0.837. The van der Waals surface area contributed by atoms with E-state index in [1.807, 2.05) is 6.20 Å². The van der Waals surface area contributed by atoms with E-state index in [0.717, 1.165) is 35.9 Å². The molecule has 90 valence electrons. The largest absolute Gasteiger partial charge is 0.356 e. The molecule has 3 heterocycles. The number of nitrogens with zero attached hydrogens (tertiary/aromatic N) is 3. The molecule has 0 aromatic carbocycles. The summed E-state index contributed by atoms with van der Waals surface area (Å²) in [7, 11) is 0. The number of aromatic nitrogens is 3. The third-order valence-electron chi connectivity index (χ3n) is 3.65. The first-order chi connectivity index (χ1) is 8.34. The lowest BCUT2D eigenvalue weighted by Gasteiger charge is -2.21. The van der Waals surface area contributed by atoms with Crippen molar-refractivity contribution in [1.82, 2.24) is 15.0 Å². The SMILES string of the molecule is CC1CCCN(c2ncnc3[nH]ccc23)CC1. The van der Waals surface area contributed by atoms with Crippen LogP contribution >= 0.6 is 0 Å². The molecule has 2 aromatic rings. The second-order valence-electron chi connectivity index (χ2n) is 4.96. The summed E-state index contributed by atoms with van der Waals surface area (Å²) in [6.45, 7) is 4.56. The molecule has 1 fully saturated rings. The molecule has 0 radical (unpaired) electrons. The molecular weight excluding hydrogens is 212 g/mol. The lowest BCUT2D eigenvalue weighted by molar-refractivity contribution is 0.521. The molecule has 1 unspecified atom stereocenters. The quantitative estimate of drug-likeness (QED) is 0.819. The molecule has 17 heavy (non-hydrogen) atoms. The molecule has 1 aliphatic heterocycles. The van der Waals surface area contributed by atoms with E-state index in [-0.39, 0.29) is 0 Å². The van der Waals surface area contributed by atoms with Crippen LogP contribution in [0.25, 0.3) is 11.0 Å². The first-order valence-corrected chi connectivity index (χ1v) is 6.37. The first-order valence-electron chi connectivity index (χ1n) is 6.37. The van der Waals surface area contributed by atoms with Crippen LogP contribution in [0.5, 0.6) is 0 Å². The molecule has 0 saturated carbocycles. The van der Waals surface area contributed by atoms with Crippen molar-refractivity contribution in [1.29, 1.82) is 0 Å². The number of hydrogen-bond acceptors (Lipinski definition) is 3. The van der Waals surface area contributed by atoms with Crippen LogP contribution in [0.15, 0.2) is 18.6 Å². The Labute approximate surface area is 101 Å². The minimum Gasteiger partial charge on any atom is -0.356 e. The Kier molecular flexibility index (Phi) is 2.71. The maximum atomic E-state index is 4.46. The Morgan fingerprint density at radius 2 is 2.24 bits per heavy atom. The molecule has 1 saturated heterocycles. The Bertz CT molecular complexity index is 505. The lowest BCUT2D eigenvalue weighted by Crippen LogP contribution is -2.25. The first kappa shape index (κ1) is 10.6. The molecule has 0 bridgehead atoms. The summed E-state index contributed by atoms with van der Waals surface area (Å²) in [6, 6.07) is 2.07. The average Bonchev–Trinajstić information content (AvgIpc) is 2.72. The van der Waals surface area contributed by atoms with E-state index in [9.17, 15) is 0 Å². The van der Waals surface area contributed by atoms with Gasteiger partial charge in [0.1, 0.15) is 17.8 Å². The molecule has 4 nitrogen and oxygen atoms in total. The fourth-order valence-corrected chi connectivity index (χ4v) is 2.59. The Balaban J connectivity index is 1.94. The van der Waals surface area contributed by atoms with Crippen molar-refractivity contribution in [3.63, 3.8) is 0 Å². The second-order valence-corrected chi connectivity index (χ2v) is 4.96. The molecule has 3 rings (SSSR count). The Hall–Kier alpha value is -1.58. The van der Waals surface area contributed by atoms with Crippen molar-refractivity contribution in [2.45, 2.75) is 26.2 Å². The predicted molar refractivity (Wildman–Crippen MR) is 69.1 cm³/mol. The van der Waals surface area contributed by atoms with E-state index in [4.69, 9.17) is 0 Å². The number of aromatic amines is 1. The third kappa shape index (κ3) is 1.99. The van der Waals surface area contributed by atoms with Crippen LogP contribution in [-0.4, -0.2) is 28.0 Å². The molecule has 1 atom stereocenters. The third-order valence-corrected chi connectivity index (χ3v) is 3.65. The van der Waals surface area contributed by atoms with E-state index in [0.29, 0.717) is 0 Å². The molecule has 1 N–H and O–H groups in total. The summed E-state index contributed by atoms with van der Waals surface area (Å²) in [5.41, 5.74) is 0.937. The van der Waals surface area contributed by atoms with Gasteiger partial charge in [0, 0.05) is 19.3 Å². The minimum absolute atomic E-state index is 0.837. The van der Waals surface area contributed by atoms with Gasteiger partial charge in [0.2, 0.25) is 0 Å². The van der Waals surface area contributed by atoms with Crippen LogP contribution in [0.1, 0.15) is 26.2 Å². The summed E-state index contributed by atoms with van der Waals surface area (Å²) in [6.07, 6.45) is 7.44. The molecule has 4 heteroatoms. The van der Waals surface area contributed by atoms with Gasteiger partial charge >= 0.3 is 0 Å². The number of H-pyrrole nitrogens is 1. The molecule has 0 amide bonds. The van der Waals surface area contributed by atoms with Crippen LogP contribution in [-0.2, 0) is 0 Å². The fraction of sp³-hybridized carbons (Fsp3) is 0.538. The van der Waals surface area contributed by atoms with Crippen molar-refractivity contribution in [3.8, 4) is 0 Å². The predicted octanol–water partition coefficient (Wildman–Crippen LogP) is 2.58. The Morgan fingerprint density at radius 3 is 3.18 bits per heavy atom. The highest BCUT2D eigenvalue weighted by Crippen LogP contribution is 2.25. The number of rotatable bonds is 1. The highest BCUT2D eigenvalue weighted by Gasteiger charge is 2.17. The van der Waals surface area contributed by atoms with Crippen molar-refractivity contribution >= 4 is 16.9 Å². The summed E-state index contributed by atoms with van der Waals surface area (Å²) in [4.78, 5) is 14.3. The number of nitrogens with one attached hydrogen (secondary N) is 1. The van der Waals surface area contributed by atoms with Crippen molar-refractivity contribution < 1.29 is 0 Å². The monoisotopic (exact) mass is 230 g/mol. The van der Waals surface area contributed by atoms with Crippen LogP contribution in [0.2, 0.25) is 0 Å². The zero-order valence-corrected chi connectivity index (χ0v) is 10.2. The van der Waals surface area contributed by atoms with Crippen LogP contribution in [0.4, 0.5) is 5.82 Å². The molecule has 0 aliphatic carbocycles. The normalized spacial score (nSPS) is 21.7. The van der Waals surface area contributed by atoms with Gasteiger partial charge in [-0.1, -0.05) is 6.92 Å². The van der Waals surface area contributed by atoms with Gasteiger partial charge in [0.25, 0.3) is 0 Å². The smallest absolute Gasteiger partial charge is 0.142 e. The van der Waals surface area contributed by atoms with Crippen molar-refractivity contribution in [2.24, 2.45) is 5.92 Å². The number of anilines is 1. The van der Waals surface area contributed by atoms with Gasteiger partial charge in [0.15, 0.2) is 0 Å². The summed E-state index contributed by atoms with van der Waals surface area (Å²) < 4.78 is 0. The second kappa shape index (κ2) is 4.35. The van der Waals surface area contributed by atoms with Crippen LogP contribution in [0, 0.1) is 5.92 Å². The maximum absolute atomic E-state index is 4.46. The molecule has 0 spiro atoms. The topological polar surface area (TPSA) is 44.8 Å². The van der Waals surface area contributed by atoms with E-state index < -0.39 is 0 Å². The summed E-state index contributed by atoms with van der Waals surface area (Å²) >= 11 is 0. The fourth-order valence-electron chi connectivity index (χ4n) is 2.59. The van der Waals surface area contributed by atoms with Gasteiger partial charge < -0.3 is 9.88 Å². The molecule has 2 aromatic heterocycles. The molecular formula is C13H18N4. The van der Waals surface area contributed by atoms with Gasteiger partial charge in [0.05, 0.1) is 5.39 Å². The van der Waals surface area contributed by atoms with Crippen molar-refractivity contribution in [2.75, 3.05) is 18.0 Å². The number of hydrogen-bond donors (Lipinski definition) is 1. The standard InChI is InChI=1S/C13H18N4/c1-10-3-2-7-17(8-5-10)13-11-4-6-14-12(11)15-9-16-13/h4,6,9-10H,2-3,5,7-8H2,1H3,(H,14,15,16). The van der Waals surface area contributed by atoms with E-state index in [1.165, 1.54) is 19.3 Å². The summed E-state index contributed by atoms with van der Waals surface area (Å²) in [5, 5.41) is 1.14. The van der Waals surface area contributed by atoms with Crippen LogP contribution in [0.3, 0.4) is 0 Å². The zero-order valence-electron chi connectivity index (χ0n) is 10.2. The van der Waals surface area contributed by atoms with Gasteiger partial charge in [-0.25, -0.2) is 9.97 Å².